The lowest BCUT2D eigenvalue weighted by Crippen LogP contribution is -2.43. The molecule has 1 N–H and O–H groups in total. The molecule has 15 heavy (non-hydrogen) atoms. The van der Waals surface area contributed by atoms with Crippen LogP contribution < -0.4 is 5.32 Å². The Morgan fingerprint density at radius 1 is 1.27 bits per heavy atom. The lowest BCUT2D eigenvalue weighted by Gasteiger charge is -2.28. The summed E-state index contributed by atoms with van der Waals surface area (Å²) in [5.41, 5.74) is -0.313. The fourth-order valence-corrected chi connectivity index (χ4v) is 1.77. The van der Waals surface area contributed by atoms with E-state index in [9.17, 15) is 4.79 Å². The second-order valence-electron chi connectivity index (χ2n) is 5.40. The summed E-state index contributed by atoms with van der Waals surface area (Å²) in [5, 5.41) is 11.8. The molecule has 1 rings (SSSR count). The predicted molar refractivity (Wildman–Crippen MR) is 59.0 cm³/mol. The van der Waals surface area contributed by atoms with Crippen molar-refractivity contribution in [1.82, 2.24) is 5.32 Å². The van der Waals surface area contributed by atoms with Gasteiger partial charge in [0, 0.05) is 17.4 Å². The number of nitrogens with zero attached hydrogens (tertiary/aromatic N) is 1. The maximum Gasteiger partial charge on any atom is 0.225 e. The Kier molecular flexibility index (Phi) is 3.73. The molecule has 3 heteroatoms. The summed E-state index contributed by atoms with van der Waals surface area (Å²) >= 11 is 0. The molecule has 0 atom stereocenters. The topological polar surface area (TPSA) is 52.9 Å². The Labute approximate surface area is 91.9 Å². The van der Waals surface area contributed by atoms with E-state index in [1.54, 1.807) is 0 Å². The van der Waals surface area contributed by atoms with E-state index >= 15 is 0 Å². The first kappa shape index (κ1) is 12.0. The molecular formula is C12H20N2O. The van der Waals surface area contributed by atoms with E-state index in [1.165, 1.54) is 0 Å². The third-order valence-electron chi connectivity index (χ3n) is 2.93. The summed E-state index contributed by atoms with van der Waals surface area (Å²) < 4.78 is 0. The van der Waals surface area contributed by atoms with E-state index in [2.05, 4.69) is 11.4 Å². The van der Waals surface area contributed by atoms with Crippen LogP contribution in [0.1, 0.15) is 46.5 Å². The molecule has 1 saturated carbocycles. The van der Waals surface area contributed by atoms with Crippen LogP contribution in [0.25, 0.3) is 0 Å². The van der Waals surface area contributed by atoms with Gasteiger partial charge in [-0.1, -0.05) is 20.8 Å². The van der Waals surface area contributed by atoms with Gasteiger partial charge < -0.3 is 5.32 Å². The van der Waals surface area contributed by atoms with Crippen LogP contribution in [0.3, 0.4) is 0 Å². The molecule has 1 aliphatic carbocycles. The molecule has 0 bridgehead atoms. The quantitative estimate of drug-likeness (QED) is 0.718. The van der Waals surface area contributed by atoms with Gasteiger partial charge in [-0.15, -0.1) is 0 Å². The molecule has 0 spiro atoms. The highest BCUT2D eigenvalue weighted by molar-refractivity contribution is 5.81. The fraction of sp³-hybridized carbons (Fsp3) is 0.833. The van der Waals surface area contributed by atoms with E-state index < -0.39 is 0 Å². The van der Waals surface area contributed by atoms with E-state index in [0.29, 0.717) is 0 Å². The minimum Gasteiger partial charge on any atom is -0.353 e. The second-order valence-corrected chi connectivity index (χ2v) is 5.40. The van der Waals surface area contributed by atoms with Gasteiger partial charge in [0.05, 0.1) is 6.07 Å². The molecule has 0 aromatic rings. The SMILES string of the molecule is CC(C)(C)C(=O)NC1CCC(C#N)CC1. The maximum absolute atomic E-state index is 11.7. The van der Waals surface area contributed by atoms with Crippen LogP contribution in [-0.2, 0) is 4.79 Å². The third kappa shape index (κ3) is 3.54. The van der Waals surface area contributed by atoms with Gasteiger partial charge in [-0.3, -0.25) is 4.79 Å². The normalized spacial score (nSPS) is 26.8. The molecule has 0 saturated heterocycles. The highest BCUT2D eigenvalue weighted by Crippen LogP contribution is 2.24. The molecule has 1 aliphatic rings. The van der Waals surface area contributed by atoms with Gasteiger partial charge in [0.25, 0.3) is 0 Å². The van der Waals surface area contributed by atoms with Crippen molar-refractivity contribution >= 4 is 5.91 Å². The summed E-state index contributed by atoms with van der Waals surface area (Å²) in [7, 11) is 0. The van der Waals surface area contributed by atoms with Gasteiger partial charge in [0.1, 0.15) is 0 Å². The summed E-state index contributed by atoms with van der Waals surface area (Å²) in [6, 6.07) is 2.57. The predicted octanol–water partition coefficient (Wildman–Crippen LogP) is 2.23. The Hall–Kier alpha value is -1.04. The lowest BCUT2D eigenvalue weighted by molar-refractivity contribution is -0.129. The van der Waals surface area contributed by atoms with Gasteiger partial charge in [-0.2, -0.15) is 5.26 Å². The first-order chi connectivity index (χ1) is 6.93. The molecular weight excluding hydrogens is 188 g/mol. The molecule has 0 heterocycles. The highest BCUT2D eigenvalue weighted by Gasteiger charge is 2.26. The van der Waals surface area contributed by atoms with Crippen molar-refractivity contribution in [2.45, 2.75) is 52.5 Å². The van der Waals surface area contributed by atoms with Crippen molar-refractivity contribution in [1.29, 1.82) is 5.26 Å². The largest absolute Gasteiger partial charge is 0.353 e. The van der Waals surface area contributed by atoms with Crippen molar-refractivity contribution in [3.8, 4) is 6.07 Å². The molecule has 3 nitrogen and oxygen atoms in total. The fourth-order valence-electron chi connectivity index (χ4n) is 1.77. The van der Waals surface area contributed by atoms with Crippen molar-refractivity contribution in [2.24, 2.45) is 11.3 Å². The van der Waals surface area contributed by atoms with Crippen molar-refractivity contribution < 1.29 is 4.79 Å². The summed E-state index contributed by atoms with van der Waals surface area (Å²) in [6.07, 6.45) is 3.73. The Bertz CT molecular complexity index is 264. The molecule has 1 amide bonds. The van der Waals surface area contributed by atoms with Crippen LogP contribution in [0.4, 0.5) is 0 Å². The first-order valence-corrected chi connectivity index (χ1v) is 5.64. The van der Waals surface area contributed by atoms with Gasteiger partial charge in [-0.25, -0.2) is 0 Å². The lowest BCUT2D eigenvalue weighted by atomic mass is 9.86. The average Bonchev–Trinajstić information content (AvgIpc) is 2.17. The van der Waals surface area contributed by atoms with Gasteiger partial charge >= 0.3 is 0 Å². The van der Waals surface area contributed by atoms with Crippen molar-refractivity contribution in [3.63, 3.8) is 0 Å². The van der Waals surface area contributed by atoms with E-state index in [1.807, 2.05) is 20.8 Å². The van der Waals surface area contributed by atoms with Gasteiger partial charge in [-0.05, 0) is 25.7 Å². The molecule has 0 aromatic heterocycles. The Morgan fingerprint density at radius 2 is 1.80 bits per heavy atom. The molecule has 0 aromatic carbocycles. The number of carbonyl (C=O) groups excluding carboxylic acids is 1. The van der Waals surface area contributed by atoms with Crippen LogP contribution in [0, 0.1) is 22.7 Å². The number of carbonyl (C=O) groups is 1. The minimum atomic E-state index is -0.313. The average molecular weight is 208 g/mol. The zero-order valence-corrected chi connectivity index (χ0v) is 9.84. The van der Waals surface area contributed by atoms with E-state index in [4.69, 9.17) is 5.26 Å². The van der Waals surface area contributed by atoms with Crippen LogP contribution in [-0.4, -0.2) is 11.9 Å². The first-order valence-electron chi connectivity index (χ1n) is 5.64. The number of amides is 1. The van der Waals surface area contributed by atoms with Gasteiger partial charge in [0.15, 0.2) is 0 Å². The number of rotatable bonds is 1. The number of hydrogen-bond acceptors (Lipinski definition) is 2. The zero-order chi connectivity index (χ0) is 11.5. The van der Waals surface area contributed by atoms with E-state index in [0.717, 1.165) is 25.7 Å². The molecule has 0 radical (unpaired) electrons. The second kappa shape index (κ2) is 4.65. The highest BCUT2D eigenvalue weighted by atomic mass is 16.2. The third-order valence-corrected chi connectivity index (χ3v) is 2.93. The standard InChI is InChI=1S/C12H20N2O/c1-12(2,3)11(15)14-10-6-4-9(8-13)5-7-10/h9-10H,4-7H2,1-3H3,(H,14,15). The Balaban J connectivity index is 2.37. The smallest absolute Gasteiger partial charge is 0.225 e. The van der Waals surface area contributed by atoms with Crippen LogP contribution in [0.5, 0.6) is 0 Å². The Morgan fingerprint density at radius 3 is 2.20 bits per heavy atom. The van der Waals surface area contributed by atoms with Crippen molar-refractivity contribution in [2.75, 3.05) is 0 Å². The molecule has 0 unspecified atom stereocenters. The summed E-state index contributed by atoms with van der Waals surface area (Å²) in [5.74, 6) is 0.315. The number of nitriles is 1. The minimum absolute atomic E-state index is 0.114. The molecule has 84 valence electrons. The summed E-state index contributed by atoms with van der Waals surface area (Å²) in [6.45, 7) is 5.76. The van der Waals surface area contributed by atoms with Crippen LogP contribution in [0.15, 0.2) is 0 Å². The summed E-state index contributed by atoms with van der Waals surface area (Å²) in [4.78, 5) is 11.7. The number of nitrogens with one attached hydrogen (secondary N) is 1. The number of hydrogen-bond donors (Lipinski definition) is 1. The zero-order valence-electron chi connectivity index (χ0n) is 9.84. The maximum atomic E-state index is 11.7. The van der Waals surface area contributed by atoms with E-state index in [-0.39, 0.29) is 23.3 Å². The van der Waals surface area contributed by atoms with Crippen molar-refractivity contribution in [3.05, 3.63) is 0 Å². The van der Waals surface area contributed by atoms with Crippen LogP contribution >= 0.6 is 0 Å². The molecule has 0 aliphatic heterocycles. The molecule has 1 fully saturated rings. The van der Waals surface area contributed by atoms with Gasteiger partial charge in [0.2, 0.25) is 5.91 Å². The monoisotopic (exact) mass is 208 g/mol. The van der Waals surface area contributed by atoms with Crippen LogP contribution in [0.2, 0.25) is 0 Å².